The molecule has 0 aliphatic carbocycles. The average molecular weight is 341 g/mol. The van der Waals surface area contributed by atoms with Crippen molar-refractivity contribution in [3.8, 4) is 0 Å². The Bertz CT molecular complexity index is 519. The third-order valence-corrected chi connectivity index (χ3v) is 2.82. The molecule has 8 nitrogen and oxygen atoms in total. The van der Waals surface area contributed by atoms with Crippen molar-refractivity contribution >= 4 is 23.9 Å². The molecule has 24 heavy (non-hydrogen) atoms. The molecule has 136 valence electrons. The van der Waals surface area contributed by atoms with Gasteiger partial charge in [0.25, 0.3) is 0 Å². The molecule has 1 saturated heterocycles. The Morgan fingerprint density at radius 2 is 1.50 bits per heavy atom. The lowest BCUT2D eigenvalue weighted by molar-refractivity contribution is -0.120. The number of aliphatic imine (C=N–C) groups is 1. The molecule has 1 rings (SSSR count). The van der Waals surface area contributed by atoms with Crippen LogP contribution >= 0.6 is 0 Å². The molecule has 0 aromatic heterocycles. The number of ketones is 1. The lowest BCUT2D eigenvalue weighted by Gasteiger charge is -2.29. The summed E-state index contributed by atoms with van der Waals surface area (Å²) in [6, 6.07) is 0. The van der Waals surface area contributed by atoms with Crippen LogP contribution in [0.3, 0.4) is 0 Å². The van der Waals surface area contributed by atoms with Gasteiger partial charge in [0.1, 0.15) is 17.0 Å². The number of rotatable bonds is 0. The summed E-state index contributed by atoms with van der Waals surface area (Å²) in [6.45, 7) is 11.1. The van der Waals surface area contributed by atoms with Crippen molar-refractivity contribution in [2.75, 3.05) is 13.1 Å². The number of ether oxygens (including phenoxy) is 2. The van der Waals surface area contributed by atoms with E-state index in [1.54, 1.807) is 46.4 Å². The van der Waals surface area contributed by atoms with Gasteiger partial charge in [-0.2, -0.15) is 0 Å². The summed E-state index contributed by atoms with van der Waals surface area (Å²) in [5.74, 6) is 0.172. The van der Waals surface area contributed by atoms with Gasteiger partial charge in [-0.15, -0.1) is 4.99 Å². The van der Waals surface area contributed by atoms with Crippen molar-refractivity contribution in [1.82, 2.24) is 10.2 Å². The van der Waals surface area contributed by atoms with Crippen LogP contribution in [0.15, 0.2) is 4.99 Å². The smallest absolute Gasteiger partial charge is 0.437 e. The van der Waals surface area contributed by atoms with E-state index in [4.69, 9.17) is 9.47 Å². The second-order valence-electron chi connectivity index (χ2n) is 7.57. The van der Waals surface area contributed by atoms with E-state index < -0.39 is 23.4 Å². The highest BCUT2D eigenvalue weighted by Crippen LogP contribution is 2.11. The third kappa shape index (κ3) is 7.94. The minimum atomic E-state index is -0.814. The second kappa shape index (κ2) is 7.63. The van der Waals surface area contributed by atoms with E-state index in [-0.39, 0.29) is 11.7 Å². The van der Waals surface area contributed by atoms with E-state index in [0.29, 0.717) is 25.9 Å². The number of likely N-dealkylation sites (tertiary alicyclic amines) is 1. The van der Waals surface area contributed by atoms with Crippen LogP contribution in [0.4, 0.5) is 9.59 Å². The Balaban J connectivity index is 2.88. The SMILES string of the molecule is CC(C)(C)OC(=O)/N=C(\NC(=O)OC(C)(C)C)N1CCC(=O)CC1. The first-order valence-electron chi connectivity index (χ1n) is 7.94. The van der Waals surface area contributed by atoms with Gasteiger partial charge in [-0.25, -0.2) is 9.59 Å². The van der Waals surface area contributed by atoms with Crippen LogP contribution in [0.1, 0.15) is 54.4 Å². The van der Waals surface area contributed by atoms with Gasteiger partial charge in [0.15, 0.2) is 0 Å². The Morgan fingerprint density at radius 1 is 1.00 bits per heavy atom. The van der Waals surface area contributed by atoms with Crippen molar-refractivity contribution in [2.45, 2.75) is 65.6 Å². The van der Waals surface area contributed by atoms with E-state index in [2.05, 4.69) is 10.3 Å². The zero-order valence-electron chi connectivity index (χ0n) is 15.3. The molecule has 0 unspecified atom stereocenters. The minimum Gasteiger partial charge on any atom is -0.444 e. The highest BCUT2D eigenvalue weighted by molar-refractivity contribution is 5.99. The van der Waals surface area contributed by atoms with Crippen molar-refractivity contribution in [3.63, 3.8) is 0 Å². The summed E-state index contributed by atoms with van der Waals surface area (Å²) in [6.07, 6.45) is -0.862. The van der Waals surface area contributed by atoms with Gasteiger partial charge in [-0.1, -0.05) is 0 Å². The van der Waals surface area contributed by atoms with E-state index >= 15 is 0 Å². The maximum Gasteiger partial charge on any atom is 0.437 e. The van der Waals surface area contributed by atoms with E-state index in [1.807, 2.05) is 0 Å². The van der Waals surface area contributed by atoms with Gasteiger partial charge in [-0.05, 0) is 41.5 Å². The van der Waals surface area contributed by atoms with Gasteiger partial charge in [0.05, 0.1) is 0 Å². The molecular formula is C16H27N3O5. The van der Waals surface area contributed by atoms with E-state index in [1.165, 1.54) is 0 Å². The molecule has 0 spiro atoms. The predicted octanol–water partition coefficient (Wildman–Crippen LogP) is 2.47. The summed E-state index contributed by atoms with van der Waals surface area (Å²) >= 11 is 0. The normalized spacial score (nSPS) is 16.7. The maximum absolute atomic E-state index is 12.0. The van der Waals surface area contributed by atoms with Crippen LogP contribution in [0.25, 0.3) is 0 Å². The summed E-state index contributed by atoms with van der Waals surface area (Å²) in [5, 5.41) is 2.48. The molecule has 1 heterocycles. The molecule has 8 heteroatoms. The first-order chi connectivity index (χ1) is 10.9. The molecule has 0 saturated carbocycles. The number of nitrogens with one attached hydrogen (secondary N) is 1. The standard InChI is InChI=1S/C16H27N3O5/c1-15(2,3)23-13(21)17-12(18-14(22)24-16(4,5)6)19-9-7-11(20)8-10-19/h7-10H2,1-6H3,(H,17,18,21,22). The van der Waals surface area contributed by atoms with Gasteiger partial charge < -0.3 is 14.4 Å². The molecule has 1 fully saturated rings. The highest BCUT2D eigenvalue weighted by atomic mass is 16.6. The minimum absolute atomic E-state index is 0.0333. The number of piperidine rings is 1. The molecule has 0 radical (unpaired) electrons. The maximum atomic E-state index is 12.0. The lowest BCUT2D eigenvalue weighted by atomic mass is 10.1. The first-order valence-corrected chi connectivity index (χ1v) is 7.94. The number of alkyl carbamates (subject to hydrolysis) is 1. The molecule has 1 aliphatic heterocycles. The second-order valence-corrected chi connectivity index (χ2v) is 7.57. The fourth-order valence-corrected chi connectivity index (χ4v) is 1.91. The number of carbonyl (C=O) groups excluding carboxylic acids is 3. The van der Waals surface area contributed by atoms with E-state index in [0.717, 1.165) is 0 Å². The summed E-state index contributed by atoms with van der Waals surface area (Å²) in [7, 11) is 0. The summed E-state index contributed by atoms with van der Waals surface area (Å²) < 4.78 is 10.3. The number of hydrogen-bond donors (Lipinski definition) is 1. The molecule has 0 aromatic carbocycles. The Hall–Kier alpha value is -2.12. The Morgan fingerprint density at radius 3 is 1.96 bits per heavy atom. The molecule has 0 aromatic rings. The molecule has 1 N–H and O–H groups in total. The van der Waals surface area contributed by atoms with Crippen LogP contribution in [0.5, 0.6) is 0 Å². The fraction of sp³-hybridized carbons (Fsp3) is 0.750. The van der Waals surface area contributed by atoms with Crippen LogP contribution in [0, 0.1) is 0 Å². The average Bonchev–Trinajstić information content (AvgIpc) is 2.34. The number of amides is 2. The molecule has 0 atom stereocenters. The number of nitrogens with zero attached hydrogens (tertiary/aromatic N) is 2. The van der Waals surface area contributed by atoms with Crippen LogP contribution in [-0.4, -0.2) is 53.1 Å². The number of guanidine groups is 1. The summed E-state index contributed by atoms with van der Waals surface area (Å²) in [5.41, 5.74) is -1.38. The molecule has 1 aliphatic rings. The zero-order valence-corrected chi connectivity index (χ0v) is 15.3. The van der Waals surface area contributed by atoms with Gasteiger partial charge in [0.2, 0.25) is 5.96 Å². The monoisotopic (exact) mass is 341 g/mol. The van der Waals surface area contributed by atoms with Gasteiger partial charge >= 0.3 is 12.2 Å². The topological polar surface area (TPSA) is 97.3 Å². The van der Waals surface area contributed by atoms with Gasteiger partial charge in [-0.3, -0.25) is 10.1 Å². The first kappa shape index (κ1) is 19.9. The van der Waals surface area contributed by atoms with Crippen molar-refractivity contribution in [2.24, 2.45) is 4.99 Å². The zero-order chi connectivity index (χ0) is 18.5. The molecule has 0 bridgehead atoms. The van der Waals surface area contributed by atoms with Crippen LogP contribution in [-0.2, 0) is 14.3 Å². The Labute approximate surface area is 142 Å². The van der Waals surface area contributed by atoms with Gasteiger partial charge in [0, 0.05) is 25.9 Å². The quantitative estimate of drug-likeness (QED) is 0.537. The largest absolute Gasteiger partial charge is 0.444 e. The highest BCUT2D eigenvalue weighted by Gasteiger charge is 2.25. The fourth-order valence-electron chi connectivity index (χ4n) is 1.91. The number of carbonyl (C=O) groups is 3. The third-order valence-electron chi connectivity index (χ3n) is 2.82. The van der Waals surface area contributed by atoms with Crippen molar-refractivity contribution < 1.29 is 23.9 Å². The predicted molar refractivity (Wildman–Crippen MR) is 88.9 cm³/mol. The summed E-state index contributed by atoms with van der Waals surface area (Å²) in [4.78, 5) is 40.8. The number of hydrogen-bond acceptors (Lipinski definition) is 5. The Kier molecular flexibility index (Phi) is 6.34. The van der Waals surface area contributed by atoms with Crippen molar-refractivity contribution in [1.29, 1.82) is 0 Å². The van der Waals surface area contributed by atoms with Crippen LogP contribution < -0.4 is 5.32 Å². The molecule has 2 amide bonds. The van der Waals surface area contributed by atoms with Crippen LogP contribution in [0.2, 0.25) is 0 Å². The lowest BCUT2D eigenvalue weighted by Crippen LogP contribution is -2.49. The number of Topliss-reactive ketones (excluding diaryl/α,β-unsaturated/α-hetero) is 1. The van der Waals surface area contributed by atoms with Crippen molar-refractivity contribution in [3.05, 3.63) is 0 Å². The van der Waals surface area contributed by atoms with E-state index in [9.17, 15) is 14.4 Å². The molecular weight excluding hydrogens is 314 g/mol.